The largest absolute Gasteiger partial charge is 0.481 e. The number of benzene rings is 1. The van der Waals surface area contributed by atoms with E-state index in [2.05, 4.69) is 15.2 Å². The molecule has 1 aliphatic rings. The molecule has 1 saturated heterocycles. The summed E-state index contributed by atoms with van der Waals surface area (Å²) in [6.45, 7) is 2.28. The number of amides is 1. The van der Waals surface area contributed by atoms with Crippen LogP contribution >= 0.6 is 0 Å². The number of hydrogen-bond donors (Lipinski definition) is 1. The Morgan fingerprint density at radius 1 is 1.26 bits per heavy atom. The van der Waals surface area contributed by atoms with E-state index in [0.717, 1.165) is 30.6 Å². The van der Waals surface area contributed by atoms with Crippen molar-refractivity contribution in [2.75, 3.05) is 39.6 Å². The summed E-state index contributed by atoms with van der Waals surface area (Å²) in [4.78, 5) is 21.4. The van der Waals surface area contributed by atoms with Gasteiger partial charge in [0.25, 0.3) is 0 Å². The van der Waals surface area contributed by atoms with Crippen molar-refractivity contribution in [1.29, 1.82) is 0 Å². The van der Waals surface area contributed by atoms with Gasteiger partial charge in [-0.05, 0) is 37.6 Å². The second-order valence-corrected chi connectivity index (χ2v) is 7.26. The van der Waals surface area contributed by atoms with E-state index in [0.29, 0.717) is 19.0 Å². The number of methoxy groups -OCH3 is 1. The van der Waals surface area contributed by atoms with Gasteiger partial charge >= 0.3 is 0 Å². The van der Waals surface area contributed by atoms with Gasteiger partial charge in [0.2, 0.25) is 11.8 Å². The maximum absolute atomic E-state index is 13.1. The third kappa shape index (κ3) is 4.39. The van der Waals surface area contributed by atoms with E-state index in [1.54, 1.807) is 18.2 Å². The molecule has 0 saturated carbocycles. The Morgan fingerprint density at radius 3 is 2.74 bits per heavy atom. The van der Waals surface area contributed by atoms with Gasteiger partial charge in [-0.1, -0.05) is 24.3 Å². The lowest BCUT2D eigenvalue weighted by Crippen LogP contribution is -2.61. The van der Waals surface area contributed by atoms with E-state index in [-0.39, 0.29) is 5.91 Å². The third-order valence-electron chi connectivity index (χ3n) is 4.98. The van der Waals surface area contributed by atoms with Crippen LogP contribution in [-0.4, -0.2) is 60.5 Å². The first-order valence-corrected chi connectivity index (χ1v) is 9.29. The molecule has 1 amide bonds. The lowest BCUT2D eigenvalue weighted by Gasteiger charge is -2.44. The first kappa shape index (κ1) is 19.2. The molecule has 1 atom stereocenters. The van der Waals surface area contributed by atoms with Gasteiger partial charge in [0.15, 0.2) is 0 Å². The van der Waals surface area contributed by atoms with Crippen LogP contribution in [0.4, 0.5) is 5.69 Å². The molecule has 0 bridgehead atoms. The summed E-state index contributed by atoms with van der Waals surface area (Å²) in [6, 6.07) is 13.9. The molecular weight excluding hydrogens is 340 g/mol. The normalized spacial score (nSPS) is 20.1. The van der Waals surface area contributed by atoms with E-state index in [1.165, 1.54) is 0 Å². The highest BCUT2D eigenvalue weighted by atomic mass is 16.5. The molecule has 1 aromatic carbocycles. The van der Waals surface area contributed by atoms with Gasteiger partial charge in [0.05, 0.1) is 7.11 Å². The quantitative estimate of drug-likeness (QED) is 0.849. The van der Waals surface area contributed by atoms with Gasteiger partial charge < -0.3 is 15.0 Å². The van der Waals surface area contributed by atoms with Gasteiger partial charge in [-0.3, -0.25) is 9.69 Å². The average molecular weight is 368 g/mol. The standard InChI is InChI=1S/C21H28N4O2/c1-24(2)20(26)21(23-18-10-5-4-6-11-18)12-8-14-25(16-21)15-17-9-7-13-22-19(17)27-3/h4-7,9-11,13,23H,8,12,14-16H2,1-3H3. The van der Waals surface area contributed by atoms with Crippen LogP contribution in [0.5, 0.6) is 5.88 Å². The minimum Gasteiger partial charge on any atom is -0.481 e. The molecule has 2 aromatic rings. The summed E-state index contributed by atoms with van der Waals surface area (Å²) in [6.07, 6.45) is 3.48. The van der Waals surface area contributed by atoms with E-state index in [9.17, 15) is 4.79 Å². The van der Waals surface area contributed by atoms with Crippen LogP contribution in [0.3, 0.4) is 0 Å². The predicted molar refractivity (Wildman–Crippen MR) is 107 cm³/mol. The van der Waals surface area contributed by atoms with Gasteiger partial charge in [-0.25, -0.2) is 4.98 Å². The van der Waals surface area contributed by atoms with Gasteiger partial charge in [0.1, 0.15) is 5.54 Å². The molecular formula is C21H28N4O2. The number of nitrogens with one attached hydrogen (secondary N) is 1. The lowest BCUT2D eigenvalue weighted by molar-refractivity contribution is -0.135. The highest BCUT2D eigenvalue weighted by Crippen LogP contribution is 2.29. The zero-order valence-electron chi connectivity index (χ0n) is 16.3. The van der Waals surface area contributed by atoms with E-state index in [4.69, 9.17) is 4.74 Å². The first-order chi connectivity index (χ1) is 13.0. The molecule has 1 unspecified atom stereocenters. The molecule has 0 radical (unpaired) electrons. The molecule has 1 aromatic heterocycles. The average Bonchev–Trinajstić information content (AvgIpc) is 2.68. The number of carbonyl (C=O) groups is 1. The minimum atomic E-state index is -0.640. The molecule has 6 heteroatoms. The molecule has 3 rings (SSSR count). The maximum atomic E-state index is 13.1. The molecule has 27 heavy (non-hydrogen) atoms. The summed E-state index contributed by atoms with van der Waals surface area (Å²) in [5.74, 6) is 0.748. The highest BCUT2D eigenvalue weighted by Gasteiger charge is 2.43. The zero-order chi connectivity index (χ0) is 19.3. The van der Waals surface area contributed by atoms with Crippen LogP contribution in [0.2, 0.25) is 0 Å². The number of hydrogen-bond acceptors (Lipinski definition) is 5. The molecule has 1 fully saturated rings. The monoisotopic (exact) mass is 368 g/mol. The number of likely N-dealkylation sites (N-methyl/N-ethyl adjacent to an activating group) is 1. The Bertz CT molecular complexity index is 766. The lowest BCUT2D eigenvalue weighted by atomic mass is 9.86. The summed E-state index contributed by atoms with van der Waals surface area (Å²) < 4.78 is 5.39. The Kier molecular flexibility index (Phi) is 5.96. The van der Waals surface area contributed by atoms with Gasteiger partial charge in [-0.15, -0.1) is 0 Å². The Hall–Kier alpha value is -2.60. The fraction of sp³-hybridized carbons (Fsp3) is 0.429. The molecule has 1 N–H and O–H groups in total. The van der Waals surface area contributed by atoms with Crippen LogP contribution in [0.15, 0.2) is 48.7 Å². The number of para-hydroxylation sites is 1. The van der Waals surface area contributed by atoms with E-state index >= 15 is 0 Å². The minimum absolute atomic E-state index is 0.106. The number of rotatable bonds is 6. The summed E-state index contributed by atoms with van der Waals surface area (Å²) in [7, 11) is 5.28. The van der Waals surface area contributed by atoms with E-state index in [1.807, 2.05) is 56.6 Å². The number of piperidine rings is 1. The number of anilines is 1. The van der Waals surface area contributed by atoms with Crippen LogP contribution in [0.1, 0.15) is 18.4 Å². The third-order valence-corrected chi connectivity index (χ3v) is 4.98. The van der Waals surface area contributed by atoms with Crippen LogP contribution < -0.4 is 10.1 Å². The van der Waals surface area contributed by atoms with Crippen molar-refractivity contribution in [2.45, 2.75) is 24.9 Å². The number of likely N-dealkylation sites (tertiary alicyclic amines) is 1. The van der Waals surface area contributed by atoms with Crippen molar-refractivity contribution in [3.05, 3.63) is 54.2 Å². The SMILES string of the molecule is COc1ncccc1CN1CCCC(Nc2ccccc2)(C(=O)N(C)C)C1. The second kappa shape index (κ2) is 8.39. The molecule has 6 nitrogen and oxygen atoms in total. The number of carbonyl (C=O) groups excluding carboxylic acids is 1. The van der Waals surface area contributed by atoms with Crippen molar-refractivity contribution in [1.82, 2.24) is 14.8 Å². The smallest absolute Gasteiger partial charge is 0.249 e. The van der Waals surface area contributed by atoms with Gasteiger partial charge in [-0.2, -0.15) is 0 Å². The zero-order valence-corrected chi connectivity index (χ0v) is 16.3. The van der Waals surface area contributed by atoms with Crippen molar-refractivity contribution in [2.24, 2.45) is 0 Å². The van der Waals surface area contributed by atoms with Crippen molar-refractivity contribution >= 4 is 11.6 Å². The van der Waals surface area contributed by atoms with Crippen LogP contribution in [0.25, 0.3) is 0 Å². The Morgan fingerprint density at radius 2 is 2.04 bits per heavy atom. The molecule has 0 aliphatic carbocycles. The predicted octanol–water partition coefficient (Wildman–Crippen LogP) is 2.63. The molecule has 144 valence electrons. The molecule has 1 aliphatic heterocycles. The number of nitrogens with zero attached hydrogens (tertiary/aromatic N) is 3. The van der Waals surface area contributed by atoms with Crippen LogP contribution in [-0.2, 0) is 11.3 Å². The fourth-order valence-corrected chi connectivity index (χ4v) is 3.80. The Balaban J connectivity index is 1.84. The molecule has 2 heterocycles. The summed E-state index contributed by atoms with van der Waals surface area (Å²) in [5.41, 5.74) is 1.36. The molecule has 0 spiro atoms. The van der Waals surface area contributed by atoms with Crippen molar-refractivity contribution in [3.63, 3.8) is 0 Å². The maximum Gasteiger partial charge on any atom is 0.249 e. The first-order valence-electron chi connectivity index (χ1n) is 9.29. The topological polar surface area (TPSA) is 57.7 Å². The van der Waals surface area contributed by atoms with Crippen molar-refractivity contribution < 1.29 is 9.53 Å². The second-order valence-electron chi connectivity index (χ2n) is 7.26. The van der Waals surface area contributed by atoms with Gasteiger partial charge in [0, 0.05) is 44.6 Å². The number of ether oxygens (including phenoxy) is 1. The highest BCUT2D eigenvalue weighted by molar-refractivity contribution is 5.89. The van der Waals surface area contributed by atoms with Crippen molar-refractivity contribution in [3.8, 4) is 5.88 Å². The van der Waals surface area contributed by atoms with Crippen LogP contribution in [0, 0.1) is 0 Å². The summed E-state index contributed by atoms with van der Waals surface area (Å²) >= 11 is 0. The Labute approximate surface area is 161 Å². The number of aromatic nitrogens is 1. The number of pyridine rings is 1. The summed E-state index contributed by atoms with van der Waals surface area (Å²) in [5, 5.41) is 3.54. The van der Waals surface area contributed by atoms with E-state index < -0.39 is 5.54 Å². The fourth-order valence-electron chi connectivity index (χ4n) is 3.80.